The molecule has 0 aliphatic carbocycles. The first-order valence-corrected chi connectivity index (χ1v) is 10.4. The van der Waals surface area contributed by atoms with E-state index < -0.39 is 6.10 Å². The van der Waals surface area contributed by atoms with E-state index in [1.54, 1.807) is 6.92 Å². The number of hydrogen-bond acceptors (Lipinski definition) is 9. The smallest absolute Gasteiger partial charge is 0.317 e. The number of nitrogens with zero attached hydrogens (tertiary/aromatic N) is 4. The van der Waals surface area contributed by atoms with Gasteiger partial charge in [0.05, 0.1) is 5.75 Å². The van der Waals surface area contributed by atoms with Crippen molar-refractivity contribution in [3.8, 4) is 11.5 Å². The molecule has 0 bridgehead atoms. The number of aryl methyl sites for hydroxylation is 1. The molecule has 4 rings (SSSR count). The summed E-state index contributed by atoms with van der Waals surface area (Å²) in [5, 5.41) is 11.7. The number of hydrogen-bond donors (Lipinski definition) is 0. The number of thioether (sulfide) groups is 1. The maximum Gasteiger partial charge on any atom is 0.317 e. The normalized spacial score (nSPS) is 12.2. The van der Waals surface area contributed by atoms with Crippen molar-refractivity contribution in [2.45, 2.75) is 25.0 Å². The predicted molar refractivity (Wildman–Crippen MR) is 107 cm³/mol. The van der Waals surface area contributed by atoms with E-state index in [-0.39, 0.29) is 17.6 Å². The van der Waals surface area contributed by atoms with Crippen LogP contribution in [-0.2, 0) is 9.53 Å². The van der Waals surface area contributed by atoms with Crippen molar-refractivity contribution < 1.29 is 13.9 Å². The van der Waals surface area contributed by atoms with Crippen molar-refractivity contribution in [2.75, 3.05) is 5.75 Å². The molecule has 0 fully saturated rings. The van der Waals surface area contributed by atoms with Gasteiger partial charge in [-0.05, 0) is 37.4 Å². The lowest BCUT2D eigenvalue weighted by atomic mass is 10.1. The Labute approximate surface area is 169 Å². The number of rotatable bonds is 6. The summed E-state index contributed by atoms with van der Waals surface area (Å²) in [4.78, 5) is 21.6. The molecule has 7 nitrogen and oxygen atoms in total. The fourth-order valence-electron chi connectivity index (χ4n) is 2.50. The molecule has 4 aromatic rings. The van der Waals surface area contributed by atoms with Gasteiger partial charge in [-0.15, -0.1) is 21.5 Å². The van der Waals surface area contributed by atoms with Gasteiger partial charge in [0.15, 0.2) is 6.10 Å². The molecule has 9 heteroatoms. The third-order valence-electron chi connectivity index (χ3n) is 3.95. The lowest BCUT2D eigenvalue weighted by Gasteiger charge is -2.09. The molecular formula is C19H16N4O3S2. The minimum atomic E-state index is -0.633. The molecule has 0 radical (unpaired) electrons. The van der Waals surface area contributed by atoms with Crippen LogP contribution in [0.25, 0.3) is 21.7 Å². The Kier molecular flexibility index (Phi) is 5.36. The molecule has 0 saturated heterocycles. The first-order valence-electron chi connectivity index (χ1n) is 8.51. The number of carbonyl (C=O) groups is 1. The zero-order valence-corrected chi connectivity index (χ0v) is 16.8. The van der Waals surface area contributed by atoms with Gasteiger partial charge in [-0.3, -0.25) is 4.79 Å². The highest BCUT2D eigenvalue weighted by Crippen LogP contribution is 2.28. The molecule has 0 aliphatic heterocycles. The van der Waals surface area contributed by atoms with E-state index in [0.29, 0.717) is 5.89 Å². The van der Waals surface area contributed by atoms with Gasteiger partial charge >= 0.3 is 5.97 Å². The number of esters is 1. The van der Waals surface area contributed by atoms with Crippen molar-refractivity contribution in [1.82, 2.24) is 20.2 Å². The average molecular weight is 412 g/mol. The van der Waals surface area contributed by atoms with Gasteiger partial charge in [0.25, 0.3) is 5.89 Å². The molecule has 142 valence electrons. The van der Waals surface area contributed by atoms with Crippen molar-refractivity contribution in [3.05, 3.63) is 53.5 Å². The van der Waals surface area contributed by atoms with E-state index in [1.807, 2.05) is 42.6 Å². The second-order valence-corrected chi connectivity index (χ2v) is 7.91. The van der Waals surface area contributed by atoms with Crippen molar-refractivity contribution in [1.29, 1.82) is 0 Å². The topological polar surface area (TPSA) is 91.0 Å². The molecule has 0 spiro atoms. The second kappa shape index (κ2) is 8.07. The summed E-state index contributed by atoms with van der Waals surface area (Å²) in [5.41, 5.74) is 1.97. The van der Waals surface area contributed by atoms with Crippen LogP contribution in [0.4, 0.5) is 0 Å². The molecule has 0 N–H and O–H groups in total. The third-order valence-corrected chi connectivity index (χ3v) is 5.75. The number of ether oxygens (including phenoxy) is 1. The van der Waals surface area contributed by atoms with E-state index in [2.05, 4.69) is 20.2 Å². The predicted octanol–water partition coefficient (Wildman–Crippen LogP) is 4.45. The molecule has 28 heavy (non-hydrogen) atoms. The Morgan fingerprint density at radius 3 is 2.86 bits per heavy atom. The van der Waals surface area contributed by atoms with Crippen LogP contribution in [0.1, 0.15) is 24.5 Å². The minimum absolute atomic E-state index is 0.130. The fraction of sp³-hybridized carbons (Fsp3) is 0.211. The first kappa shape index (κ1) is 18.6. The molecular weight excluding hydrogens is 396 g/mol. The maximum absolute atomic E-state index is 12.2. The summed E-state index contributed by atoms with van der Waals surface area (Å²) in [6.07, 6.45) is 0.867. The maximum atomic E-state index is 12.2. The largest absolute Gasteiger partial charge is 0.452 e. The average Bonchev–Trinajstić information content (AvgIpc) is 3.36. The Hall–Kier alpha value is -2.78. The number of thiophene rings is 1. The van der Waals surface area contributed by atoms with Gasteiger partial charge in [0.1, 0.15) is 16.2 Å². The Balaban J connectivity index is 1.37. The molecule has 0 unspecified atom stereocenters. The molecule has 0 amide bonds. The van der Waals surface area contributed by atoms with Crippen LogP contribution in [0, 0.1) is 6.92 Å². The van der Waals surface area contributed by atoms with E-state index in [1.165, 1.54) is 29.4 Å². The summed E-state index contributed by atoms with van der Waals surface area (Å²) in [5.74, 6) is 0.407. The number of benzene rings is 1. The van der Waals surface area contributed by atoms with E-state index in [4.69, 9.17) is 9.15 Å². The zero-order chi connectivity index (χ0) is 19.5. The number of aromatic nitrogens is 4. The fourth-order valence-corrected chi connectivity index (χ4v) is 4.06. The standard InChI is InChI=1S/C19H16N4O3S2/c1-11-3-5-13(6-4-11)17-23-22-16(26-17)12(2)25-15(24)9-28-19-14-7-8-27-18(14)20-10-21-19/h3-8,10,12H,9H2,1-2H3/t12-/m1/s1. The van der Waals surface area contributed by atoms with Gasteiger partial charge < -0.3 is 9.15 Å². The van der Waals surface area contributed by atoms with Crippen LogP contribution < -0.4 is 0 Å². The van der Waals surface area contributed by atoms with Crippen molar-refractivity contribution in [3.63, 3.8) is 0 Å². The van der Waals surface area contributed by atoms with Gasteiger partial charge in [-0.1, -0.05) is 29.5 Å². The van der Waals surface area contributed by atoms with Crippen LogP contribution in [0.3, 0.4) is 0 Å². The van der Waals surface area contributed by atoms with Gasteiger partial charge in [0.2, 0.25) is 5.89 Å². The Morgan fingerprint density at radius 2 is 2.04 bits per heavy atom. The van der Waals surface area contributed by atoms with Crippen molar-refractivity contribution >= 4 is 39.3 Å². The summed E-state index contributed by atoms with van der Waals surface area (Å²) in [7, 11) is 0. The molecule has 1 aromatic carbocycles. The number of fused-ring (bicyclic) bond motifs is 1. The summed E-state index contributed by atoms with van der Waals surface area (Å²) < 4.78 is 11.1. The molecule has 0 saturated carbocycles. The SMILES string of the molecule is Cc1ccc(-c2nnc([C@@H](C)OC(=O)CSc3ncnc4sccc34)o2)cc1. The van der Waals surface area contributed by atoms with Crippen LogP contribution >= 0.6 is 23.1 Å². The minimum Gasteiger partial charge on any atom is -0.452 e. The van der Waals surface area contributed by atoms with Crippen molar-refractivity contribution in [2.24, 2.45) is 0 Å². The van der Waals surface area contributed by atoms with Crippen LogP contribution in [0.5, 0.6) is 0 Å². The molecule has 0 aliphatic rings. The third kappa shape index (κ3) is 4.05. The highest BCUT2D eigenvalue weighted by molar-refractivity contribution is 8.00. The van der Waals surface area contributed by atoms with E-state index in [0.717, 1.165) is 26.4 Å². The van der Waals surface area contributed by atoms with E-state index in [9.17, 15) is 4.79 Å². The molecule has 1 atom stereocenters. The molecule has 3 aromatic heterocycles. The first-order chi connectivity index (χ1) is 13.6. The second-order valence-electron chi connectivity index (χ2n) is 6.05. The highest BCUT2D eigenvalue weighted by atomic mass is 32.2. The lowest BCUT2D eigenvalue weighted by molar-refractivity contribution is -0.146. The highest BCUT2D eigenvalue weighted by Gasteiger charge is 2.19. The molecule has 3 heterocycles. The van der Waals surface area contributed by atoms with Crippen LogP contribution in [0.2, 0.25) is 0 Å². The Morgan fingerprint density at radius 1 is 1.21 bits per heavy atom. The summed E-state index contributed by atoms with van der Waals surface area (Å²) in [6, 6.07) is 9.70. The summed E-state index contributed by atoms with van der Waals surface area (Å²) >= 11 is 2.85. The van der Waals surface area contributed by atoms with Gasteiger partial charge in [0, 0.05) is 10.9 Å². The summed E-state index contributed by atoms with van der Waals surface area (Å²) in [6.45, 7) is 3.71. The van der Waals surface area contributed by atoms with Crippen LogP contribution in [0.15, 0.2) is 51.5 Å². The lowest BCUT2D eigenvalue weighted by Crippen LogP contribution is -2.11. The van der Waals surface area contributed by atoms with Gasteiger partial charge in [-0.25, -0.2) is 9.97 Å². The van der Waals surface area contributed by atoms with E-state index >= 15 is 0 Å². The van der Waals surface area contributed by atoms with Gasteiger partial charge in [-0.2, -0.15) is 0 Å². The monoisotopic (exact) mass is 412 g/mol. The quantitative estimate of drug-likeness (QED) is 0.261. The zero-order valence-electron chi connectivity index (χ0n) is 15.2. The van der Waals surface area contributed by atoms with Crippen LogP contribution in [-0.4, -0.2) is 31.9 Å². The number of carbonyl (C=O) groups excluding carboxylic acids is 1. The Bertz CT molecular complexity index is 1110.